The van der Waals surface area contributed by atoms with Crippen molar-refractivity contribution >= 4 is 0 Å². The van der Waals surface area contributed by atoms with E-state index in [1.807, 2.05) is 0 Å². The van der Waals surface area contributed by atoms with E-state index in [9.17, 15) is 0 Å². The lowest BCUT2D eigenvalue weighted by atomic mass is 10.2. The molecule has 2 aromatic heterocycles. The SMILES string of the molecule is c1cc2oc1CCc1ccc(o1)CC2. The molecule has 1 aliphatic heterocycles. The van der Waals surface area contributed by atoms with E-state index in [4.69, 9.17) is 8.83 Å². The van der Waals surface area contributed by atoms with Crippen LogP contribution < -0.4 is 0 Å². The van der Waals surface area contributed by atoms with Crippen molar-refractivity contribution in [1.82, 2.24) is 0 Å². The summed E-state index contributed by atoms with van der Waals surface area (Å²) in [6, 6.07) is 8.29. The summed E-state index contributed by atoms with van der Waals surface area (Å²) in [5.41, 5.74) is 0. The molecule has 72 valence electrons. The minimum absolute atomic E-state index is 0.937. The van der Waals surface area contributed by atoms with Crippen molar-refractivity contribution in [2.24, 2.45) is 0 Å². The zero-order chi connectivity index (χ0) is 9.38. The Hall–Kier alpha value is -1.44. The molecule has 3 heterocycles. The molecular weight excluding hydrogens is 176 g/mol. The van der Waals surface area contributed by atoms with Crippen LogP contribution in [-0.4, -0.2) is 0 Å². The van der Waals surface area contributed by atoms with Gasteiger partial charge in [0, 0.05) is 25.7 Å². The standard InChI is InChI=1S/C12H12O2/c1-2-10-7-8-12-4-3-11(14-12)6-5-9(1)13-10/h1-4H,5-8H2. The van der Waals surface area contributed by atoms with Crippen LogP contribution in [0.4, 0.5) is 0 Å². The van der Waals surface area contributed by atoms with Crippen molar-refractivity contribution < 1.29 is 8.83 Å². The zero-order valence-corrected chi connectivity index (χ0v) is 7.95. The molecule has 0 saturated heterocycles. The van der Waals surface area contributed by atoms with Gasteiger partial charge in [-0.2, -0.15) is 0 Å². The fourth-order valence-electron chi connectivity index (χ4n) is 1.87. The van der Waals surface area contributed by atoms with E-state index in [0.717, 1.165) is 48.7 Å². The monoisotopic (exact) mass is 188 g/mol. The predicted molar refractivity (Wildman–Crippen MR) is 52.2 cm³/mol. The number of rotatable bonds is 0. The summed E-state index contributed by atoms with van der Waals surface area (Å²) in [6.45, 7) is 0. The van der Waals surface area contributed by atoms with Crippen LogP contribution in [0, 0.1) is 0 Å². The normalized spacial score (nSPS) is 15.4. The van der Waals surface area contributed by atoms with Gasteiger partial charge in [-0.25, -0.2) is 0 Å². The maximum atomic E-state index is 5.67. The molecule has 0 N–H and O–H groups in total. The van der Waals surface area contributed by atoms with Crippen molar-refractivity contribution in [3.8, 4) is 0 Å². The molecule has 0 amide bonds. The maximum absolute atomic E-state index is 5.67. The van der Waals surface area contributed by atoms with Gasteiger partial charge in [-0.1, -0.05) is 0 Å². The van der Waals surface area contributed by atoms with Gasteiger partial charge in [0.05, 0.1) is 0 Å². The molecule has 1 aliphatic rings. The molecule has 14 heavy (non-hydrogen) atoms. The molecule has 0 fully saturated rings. The van der Waals surface area contributed by atoms with Crippen LogP contribution in [0.25, 0.3) is 0 Å². The smallest absolute Gasteiger partial charge is 0.104 e. The van der Waals surface area contributed by atoms with Crippen LogP contribution in [0.1, 0.15) is 23.0 Å². The molecule has 2 heteroatoms. The van der Waals surface area contributed by atoms with E-state index >= 15 is 0 Å². The Balaban J connectivity index is 1.95. The predicted octanol–water partition coefficient (Wildman–Crippen LogP) is 2.76. The van der Waals surface area contributed by atoms with Crippen molar-refractivity contribution in [2.45, 2.75) is 25.7 Å². The highest BCUT2D eigenvalue weighted by molar-refractivity contribution is 5.14. The minimum Gasteiger partial charge on any atom is -0.466 e. The van der Waals surface area contributed by atoms with E-state index in [1.165, 1.54) is 0 Å². The fourth-order valence-corrected chi connectivity index (χ4v) is 1.87. The lowest BCUT2D eigenvalue weighted by molar-refractivity contribution is 0.411. The molecule has 0 unspecified atom stereocenters. The largest absolute Gasteiger partial charge is 0.466 e. The second kappa shape index (κ2) is 3.05. The van der Waals surface area contributed by atoms with Gasteiger partial charge in [-0.3, -0.25) is 0 Å². The summed E-state index contributed by atoms with van der Waals surface area (Å²) in [4.78, 5) is 0. The van der Waals surface area contributed by atoms with Gasteiger partial charge in [-0.05, 0) is 24.3 Å². The number of hydrogen-bond donors (Lipinski definition) is 0. The van der Waals surface area contributed by atoms with Gasteiger partial charge in [0.2, 0.25) is 0 Å². The summed E-state index contributed by atoms with van der Waals surface area (Å²) >= 11 is 0. The first kappa shape index (κ1) is 7.92. The average Bonchev–Trinajstić information content (AvgIpc) is 2.78. The molecule has 0 aliphatic carbocycles. The fraction of sp³-hybridized carbons (Fsp3) is 0.333. The van der Waals surface area contributed by atoms with E-state index in [-0.39, 0.29) is 0 Å². The van der Waals surface area contributed by atoms with Gasteiger partial charge in [0.25, 0.3) is 0 Å². The molecule has 4 bridgehead atoms. The molecular formula is C12H12O2. The van der Waals surface area contributed by atoms with Crippen molar-refractivity contribution in [3.63, 3.8) is 0 Å². The summed E-state index contributed by atoms with van der Waals surface area (Å²) in [5.74, 6) is 4.28. The molecule has 3 rings (SSSR count). The molecule has 2 nitrogen and oxygen atoms in total. The Bertz CT molecular complexity index is 357. The number of furan rings is 2. The number of aryl methyl sites for hydroxylation is 4. The van der Waals surface area contributed by atoms with Gasteiger partial charge < -0.3 is 8.83 Å². The van der Waals surface area contributed by atoms with Crippen LogP contribution in [0.2, 0.25) is 0 Å². The van der Waals surface area contributed by atoms with Crippen LogP contribution in [-0.2, 0) is 25.7 Å². The van der Waals surface area contributed by atoms with E-state index in [1.54, 1.807) is 0 Å². The van der Waals surface area contributed by atoms with Crippen molar-refractivity contribution in [3.05, 3.63) is 47.3 Å². The van der Waals surface area contributed by atoms with E-state index < -0.39 is 0 Å². The second-order valence-electron chi connectivity index (χ2n) is 3.74. The van der Waals surface area contributed by atoms with Crippen LogP contribution in [0.5, 0.6) is 0 Å². The first-order valence-electron chi connectivity index (χ1n) is 5.05. The Morgan fingerprint density at radius 1 is 0.571 bits per heavy atom. The highest BCUT2D eigenvalue weighted by atomic mass is 16.3. The first-order chi connectivity index (χ1) is 6.90. The Kier molecular flexibility index (Phi) is 1.72. The quantitative estimate of drug-likeness (QED) is 0.635. The minimum atomic E-state index is 0.937. The average molecular weight is 188 g/mol. The number of fused-ring (bicyclic) bond motifs is 4. The Morgan fingerprint density at radius 2 is 0.857 bits per heavy atom. The third-order valence-electron chi connectivity index (χ3n) is 2.67. The number of hydrogen-bond acceptors (Lipinski definition) is 2. The van der Waals surface area contributed by atoms with E-state index in [0.29, 0.717) is 0 Å². The van der Waals surface area contributed by atoms with Gasteiger partial charge in [0.1, 0.15) is 23.0 Å². The molecule has 0 aromatic carbocycles. The third-order valence-corrected chi connectivity index (χ3v) is 2.67. The molecule has 0 radical (unpaired) electrons. The Morgan fingerprint density at radius 3 is 1.14 bits per heavy atom. The maximum Gasteiger partial charge on any atom is 0.104 e. The summed E-state index contributed by atoms with van der Waals surface area (Å²) < 4.78 is 11.3. The van der Waals surface area contributed by atoms with E-state index in [2.05, 4.69) is 24.3 Å². The van der Waals surface area contributed by atoms with Crippen LogP contribution in [0.15, 0.2) is 33.1 Å². The first-order valence-corrected chi connectivity index (χ1v) is 5.05. The topological polar surface area (TPSA) is 26.3 Å². The second-order valence-corrected chi connectivity index (χ2v) is 3.74. The van der Waals surface area contributed by atoms with Gasteiger partial charge in [0.15, 0.2) is 0 Å². The lowest BCUT2D eigenvalue weighted by Crippen LogP contribution is -1.91. The summed E-state index contributed by atoms with van der Waals surface area (Å²) in [5, 5.41) is 0. The molecule has 2 aromatic rings. The van der Waals surface area contributed by atoms with Crippen LogP contribution >= 0.6 is 0 Å². The highest BCUT2D eigenvalue weighted by Crippen LogP contribution is 2.18. The van der Waals surface area contributed by atoms with Gasteiger partial charge in [-0.15, -0.1) is 0 Å². The zero-order valence-electron chi connectivity index (χ0n) is 7.95. The molecule has 0 spiro atoms. The molecule has 0 atom stereocenters. The Labute approximate surface area is 82.5 Å². The summed E-state index contributed by atoms with van der Waals surface area (Å²) in [7, 11) is 0. The van der Waals surface area contributed by atoms with Crippen molar-refractivity contribution in [1.29, 1.82) is 0 Å². The summed E-state index contributed by atoms with van der Waals surface area (Å²) in [6.07, 6.45) is 3.75. The third kappa shape index (κ3) is 1.37. The lowest BCUT2D eigenvalue weighted by Gasteiger charge is -2.00. The molecule has 0 saturated carbocycles. The van der Waals surface area contributed by atoms with Crippen LogP contribution in [0.3, 0.4) is 0 Å². The highest BCUT2D eigenvalue weighted by Gasteiger charge is 2.09. The van der Waals surface area contributed by atoms with Gasteiger partial charge >= 0.3 is 0 Å². The van der Waals surface area contributed by atoms with Crippen molar-refractivity contribution in [2.75, 3.05) is 0 Å².